The van der Waals surface area contributed by atoms with E-state index in [-0.39, 0.29) is 12.3 Å². The number of benzene rings is 1. The molecule has 0 fully saturated rings. The highest BCUT2D eigenvalue weighted by atomic mass is 16.5. The minimum Gasteiger partial charge on any atom is -0.497 e. The number of carbonyl (C=O) groups is 1. The van der Waals surface area contributed by atoms with E-state index in [9.17, 15) is 4.79 Å². The van der Waals surface area contributed by atoms with E-state index in [1.54, 1.807) is 7.11 Å². The molecule has 1 atom stereocenters. The van der Waals surface area contributed by atoms with Gasteiger partial charge in [-0.3, -0.25) is 4.79 Å². The van der Waals surface area contributed by atoms with Crippen LogP contribution in [0.15, 0.2) is 24.3 Å². The van der Waals surface area contributed by atoms with Gasteiger partial charge in [0.25, 0.3) is 0 Å². The molecule has 0 radical (unpaired) electrons. The summed E-state index contributed by atoms with van der Waals surface area (Å²) in [5.74, 6) is -0.276. The van der Waals surface area contributed by atoms with Crippen molar-refractivity contribution in [2.45, 2.75) is 12.3 Å². The number of hydrogen-bond acceptors (Lipinski definition) is 3. The van der Waals surface area contributed by atoms with Crippen LogP contribution in [0.1, 0.15) is 17.9 Å². The third-order valence-corrected chi connectivity index (χ3v) is 2.27. The fraction of sp³-hybridized carbons (Fsp3) is 0.364. The van der Waals surface area contributed by atoms with Crippen molar-refractivity contribution in [2.75, 3.05) is 13.7 Å². The third kappa shape index (κ3) is 3.25. The van der Waals surface area contributed by atoms with E-state index in [1.165, 1.54) is 0 Å². The number of ether oxygens (including phenoxy) is 1. The zero-order valence-electron chi connectivity index (χ0n) is 8.64. The highest BCUT2D eigenvalue weighted by molar-refractivity contribution is 5.68. The van der Waals surface area contributed by atoms with E-state index in [1.807, 2.05) is 24.3 Å². The second kappa shape index (κ2) is 5.36. The number of rotatable bonds is 5. The van der Waals surface area contributed by atoms with E-state index >= 15 is 0 Å². The second-order valence-electron chi connectivity index (χ2n) is 3.31. The molecule has 3 N–H and O–H groups in total. The van der Waals surface area contributed by atoms with Gasteiger partial charge in [0.05, 0.1) is 13.5 Å². The summed E-state index contributed by atoms with van der Waals surface area (Å²) in [6.45, 7) is 0.319. The molecule has 0 aliphatic heterocycles. The molecule has 0 heterocycles. The van der Waals surface area contributed by atoms with Crippen molar-refractivity contribution in [2.24, 2.45) is 5.73 Å². The predicted molar refractivity (Wildman–Crippen MR) is 57.0 cm³/mol. The van der Waals surface area contributed by atoms with Gasteiger partial charge in [0.15, 0.2) is 0 Å². The zero-order valence-corrected chi connectivity index (χ0v) is 8.64. The van der Waals surface area contributed by atoms with Gasteiger partial charge >= 0.3 is 5.97 Å². The van der Waals surface area contributed by atoms with Gasteiger partial charge in [-0.25, -0.2) is 0 Å². The van der Waals surface area contributed by atoms with Crippen LogP contribution in [-0.4, -0.2) is 24.7 Å². The van der Waals surface area contributed by atoms with Gasteiger partial charge in [-0.2, -0.15) is 0 Å². The molecular formula is C11H15NO3. The molecule has 0 aliphatic carbocycles. The van der Waals surface area contributed by atoms with Crippen LogP contribution >= 0.6 is 0 Å². The first-order valence-electron chi connectivity index (χ1n) is 4.73. The Kier molecular flexibility index (Phi) is 4.12. The summed E-state index contributed by atoms with van der Waals surface area (Å²) in [4.78, 5) is 10.6. The van der Waals surface area contributed by atoms with Gasteiger partial charge in [-0.15, -0.1) is 0 Å². The van der Waals surface area contributed by atoms with Crippen molar-refractivity contribution in [1.29, 1.82) is 0 Å². The number of hydrogen-bond donors (Lipinski definition) is 2. The van der Waals surface area contributed by atoms with Gasteiger partial charge < -0.3 is 15.6 Å². The quantitative estimate of drug-likeness (QED) is 0.764. The minimum atomic E-state index is -0.840. The Labute approximate surface area is 88.7 Å². The standard InChI is InChI=1S/C11H15NO3/c1-15-10-4-2-3-8(5-10)9(7-12)6-11(13)14/h2-5,9H,6-7,12H2,1H3,(H,13,14)/t9-/m0/s1. The molecule has 15 heavy (non-hydrogen) atoms. The molecule has 1 aromatic rings. The van der Waals surface area contributed by atoms with Crippen LogP contribution in [0.5, 0.6) is 5.75 Å². The number of nitrogens with two attached hydrogens (primary N) is 1. The Hall–Kier alpha value is -1.55. The average Bonchev–Trinajstić information content (AvgIpc) is 2.25. The van der Waals surface area contributed by atoms with Crippen molar-refractivity contribution in [3.05, 3.63) is 29.8 Å². The third-order valence-electron chi connectivity index (χ3n) is 2.27. The average molecular weight is 209 g/mol. The Morgan fingerprint density at radius 3 is 2.87 bits per heavy atom. The van der Waals surface area contributed by atoms with E-state index < -0.39 is 5.97 Å². The van der Waals surface area contributed by atoms with Gasteiger partial charge in [-0.05, 0) is 24.2 Å². The summed E-state index contributed by atoms with van der Waals surface area (Å²) >= 11 is 0. The lowest BCUT2D eigenvalue weighted by atomic mass is 9.96. The molecule has 0 saturated heterocycles. The molecule has 0 saturated carbocycles. The monoisotopic (exact) mass is 209 g/mol. The number of carboxylic acid groups (broad SMARTS) is 1. The van der Waals surface area contributed by atoms with Gasteiger partial charge in [0, 0.05) is 5.92 Å². The molecule has 1 aromatic carbocycles. The number of aliphatic carboxylic acids is 1. The second-order valence-corrected chi connectivity index (χ2v) is 3.31. The zero-order chi connectivity index (χ0) is 11.3. The van der Waals surface area contributed by atoms with Gasteiger partial charge in [-0.1, -0.05) is 12.1 Å². The first-order chi connectivity index (χ1) is 7.17. The van der Waals surface area contributed by atoms with Crippen LogP contribution in [-0.2, 0) is 4.79 Å². The van der Waals surface area contributed by atoms with E-state index in [0.29, 0.717) is 6.54 Å². The molecule has 0 amide bonds. The van der Waals surface area contributed by atoms with Crippen molar-refractivity contribution >= 4 is 5.97 Å². The molecule has 82 valence electrons. The highest BCUT2D eigenvalue weighted by Gasteiger charge is 2.14. The lowest BCUT2D eigenvalue weighted by Gasteiger charge is -2.13. The van der Waals surface area contributed by atoms with E-state index in [0.717, 1.165) is 11.3 Å². The molecular weight excluding hydrogens is 194 g/mol. The van der Waals surface area contributed by atoms with Crippen molar-refractivity contribution < 1.29 is 14.6 Å². The molecule has 0 aromatic heterocycles. The van der Waals surface area contributed by atoms with E-state index in [4.69, 9.17) is 15.6 Å². The van der Waals surface area contributed by atoms with Crippen LogP contribution in [0.3, 0.4) is 0 Å². The first kappa shape index (κ1) is 11.5. The Balaban J connectivity index is 2.85. The van der Waals surface area contributed by atoms with Crippen LogP contribution in [0.25, 0.3) is 0 Å². The SMILES string of the molecule is COc1cccc([C@H](CN)CC(=O)O)c1. The predicted octanol–water partition coefficient (Wildman–Crippen LogP) is 1.21. The summed E-state index contributed by atoms with van der Waals surface area (Å²) < 4.78 is 5.07. The maximum atomic E-state index is 10.6. The fourth-order valence-electron chi connectivity index (χ4n) is 1.44. The van der Waals surface area contributed by atoms with E-state index in [2.05, 4.69) is 0 Å². The molecule has 0 aliphatic rings. The Morgan fingerprint density at radius 1 is 1.60 bits per heavy atom. The van der Waals surface area contributed by atoms with Gasteiger partial charge in [0.2, 0.25) is 0 Å². The smallest absolute Gasteiger partial charge is 0.304 e. The van der Waals surface area contributed by atoms with Crippen LogP contribution < -0.4 is 10.5 Å². The largest absolute Gasteiger partial charge is 0.497 e. The summed E-state index contributed by atoms with van der Waals surface area (Å²) in [7, 11) is 1.58. The number of methoxy groups -OCH3 is 1. The summed E-state index contributed by atoms with van der Waals surface area (Å²) in [5, 5.41) is 8.72. The fourth-order valence-corrected chi connectivity index (χ4v) is 1.44. The van der Waals surface area contributed by atoms with Crippen molar-refractivity contribution in [3.8, 4) is 5.75 Å². The first-order valence-corrected chi connectivity index (χ1v) is 4.73. The topological polar surface area (TPSA) is 72.5 Å². The van der Waals surface area contributed by atoms with Crippen molar-refractivity contribution in [3.63, 3.8) is 0 Å². The summed E-state index contributed by atoms with van der Waals surface area (Å²) in [6.07, 6.45) is 0.0453. The molecule has 4 heteroatoms. The summed E-state index contributed by atoms with van der Waals surface area (Å²) in [5.41, 5.74) is 6.44. The molecule has 0 bridgehead atoms. The minimum absolute atomic E-state index is 0.0453. The molecule has 1 rings (SSSR count). The van der Waals surface area contributed by atoms with Crippen LogP contribution in [0.4, 0.5) is 0 Å². The highest BCUT2D eigenvalue weighted by Crippen LogP contribution is 2.22. The molecule has 0 spiro atoms. The lowest BCUT2D eigenvalue weighted by Crippen LogP contribution is -2.16. The lowest BCUT2D eigenvalue weighted by molar-refractivity contribution is -0.137. The molecule has 0 unspecified atom stereocenters. The van der Waals surface area contributed by atoms with Crippen LogP contribution in [0.2, 0.25) is 0 Å². The summed E-state index contributed by atoms with van der Waals surface area (Å²) in [6, 6.07) is 7.33. The maximum Gasteiger partial charge on any atom is 0.304 e. The maximum absolute atomic E-state index is 10.6. The normalized spacial score (nSPS) is 12.1. The van der Waals surface area contributed by atoms with Crippen LogP contribution in [0, 0.1) is 0 Å². The molecule has 4 nitrogen and oxygen atoms in total. The Bertz CT molecular complexity index is 338. The van der Waals surface area contributed by atoms with Crippen molar-refractivity contribution in [1.82, 2.24) is 0 Å². The number of carboxylic acids is 1. The van der Waals surface area contributed by atoms with Gasteiger partial charge in [0.1, 0.15) is 5.75 Å². The Morgan fingerprint density at radius 2 is 2.33 bits per heavy atom.